The summed E-state index contributed by atoms with van der Waals surface area (Å²) in [5.74, 6) is 0. The van der Waals surface area contributed by atoms with E-state index in [-0.39, 0.29) is 0 Å². The SMILES string of the molecule is CC1=CCC(C2=CCc3ccccc32)=C1C. The van der Waals surface area contributed by atoms with Gasteiger partial charge in [0.15, 0.2) is 0 Å². The van der Waals surface area contributed by atoms with Crippen LogP contribution in [0.5, 0.6) is 0 Å². The Balaban J connectivity index is 2.07. The van der Waals surface area contributed by atoms with Crippen LogP contribution in [0, 0.1) is 0 Å². The van der Waals surface area contributed by atoms with E-state index in [1.165, 1.54) is 33.4 Å². The molecule has 0 saturated carbocycles. The number of fused-ring (bicyclic) bond motifs is 1. The van der Waals surface area contributed by atoms with Crippen LogP contribution in [0.4, 0.5) is 0 Å². The van der Waals surface area contributed by atoms with Gasteiger partial charge in [-0.25, -0.2) is 0 Å². The highest BCUT2D eigenvalue weighted by Crippen LogP contribution is 2.39. The van der Waals surface area contributed by atoms with Crippen molar-refractivity contribution in [1.29, 1.82) is 0 Å². The molecule has 2 aliphatic rings. The molecule has 16 heavy (non-hydrogen) atoms. The third-order valence-electron chi connectivity index (χ3n) is 3.82. The molecule has 1 aromatic rings. The molecule has 0 aromatic heterocycles. The molecule has 0 nitrogen and oxygen atoms in total. The van der Waals surface area contributed by atoms with Gasteiger partial charge in [-0.3, -0.25) is 0 Å². The first-order valence-corrected chi connectivity index (χ1v) is 5.93. The second-order valence-corrected chi connectivity index (χ2v) is 4.67. The molecule has 0 radical (unpaired) electrons. The van der Waals surface area contributed by atoms with Gasteiger partial charge in [0.2, 0.25) is 0 Å². The molecule has 0 aliphatic heterocycles. The minimum atomic E-state index is 1.10. The monoisotopic (exact) mass is 208 g/mol. The molecule has 80 valence electrons. The summed E-state index contributed by atoms with van der Waals surface area (Å²) in [5, 5.41) is 0. The van der Waals surface area contributed by atoms with Gasteiger partial charge < -0.3 is 0 Å². The number of allylic oxidation sites excluding steroid dienone is 6. The van der Waals surface area contributed by atoms with Gasteiger partial charge in [-0.05, 0) is 54.5 Å². The van der Waals surface area contributed by atoms with Crippen LogP contribution in [0.25, 0.3) is 5.57 Å². The highest BCUT2D eigenvalue weighted by Gasteiger charge is 2.20. The van der Waals surface area contributed by atoms with Crippen molar-refractivity contribution in [3.63, 3.8) is 0 Å². The van der Waals surface area contributed by atoms with Crippen molar-refractivity contribution in [1.82, 2.24) is 0 Å². The fraction of sp³-hybridized carbons (Fsp3) is 0.250. The van der Waals surface area contributed by atoms with Crippen LogP contribution >= 0.6 is 0 Å². The third-order valence-corrected chi connectivity index (χ3v) is 3.82. The first kappa shape index (κ1) is 9.65. The molecule has 0 N–H and O–H groups in total. The number of hydrogen-bond donors (Lipinski definition) is 0. The molecular formula is C16H16. The summed E-state index contributed by atoms with van der Waals surface area (Å²) in [4.78, 5) is 0. The van der Waals surface area contributed by atoms with E-state index in [1.54, 1.807) is 0 Å². The summed E-state index contributed by atoms with van der Waals surface area (Å²) in [6, 6.07) is 8.77. The summed E-state index contributed by atoms with van der Waals surface area (Å²) >= 11 is 0. The Morgan fingerprint density at radius 2 is 1.75 bits per heavy atom. The van der Waals surface area contributed by atoms with E-state index in [9.17, 15) is 0 Å². The molecule has 0 spiro atoms. The summed E-state index contributed by atoms with van der Waals surface area (Å²) in [7, 11) is 0. The van der Waals surface area contributed by atoms with Gasteiger partial charge in [-0.2, -0.15) is 0 Å². The predicted molar refractivity (Wildman–Crippen MR) is 69.2 cm³/mol. The normalized spacial score (nSPS) is 18.6. The maximum Gasteiger partial charge on any atom is -0.00820 e. The van der Waals surface area contributed by atoms with Crippen LogP contribution in [0.3, 0.4) is 0 Å². The van der Waals surface area contributed by atoms with Crippen LogP contribution in [0.15, 0.2) is 53.1 Å². The zero-order valence-corrected chi connectivity index (χ0v) is 9.88. The Hall–Kier alpha value is -1.56. The van der Waals surface area contributed by atoms with E-state index in [2.05, 4.69) is 50.3 Å². The van der Waals surface area contributed by atoms with Crippen molar-refractivity contribution in [3.05, 3.63) is 64.3 Å². The molecule has 3 rings (SSSR count). The minimum absolute atomic E-state index is 1.10. The van der Waals surface area contributed by atoms with Crippen molar-refractivity contribution < 1.29 is 0 Å². The second kappa shape index (κ2) is 3.48. The van der Waals surface area contributed by atoms with Crippen LogP contribution in [-0.4, -0.2) is 0 Å². The van der Waals surface area contributed by atoms with Crippen molar-refractivity contribution >= 4 is 5.57 Å². The van der Waals surface area contributed by atoms with E-state index in [1.807, 2.05) is 0 Å². The Kier molecular flexibility index (Phi) is 2.10. The van der Waals surface area contributed by atoms with Crippen LogP contribution < -0.4 is 0 Å². The van der Waals surface area contributed by atoms with Crippen LogP contribution in [0.2, 0.25) is 0 Å². The van der Waals surface area contributed by atoms with E-state index >= 15 is 0 Å². The first-order valence-electron chi connectivity index (χ1n) is 5.93. The third kappa shape index (κ3) is 1.30. The van der Waals surface area contributed by atoms with E-state index in [0.29, 0.717) is 0 Å². The highest BCUT2D eigenvalue weighted by molar-refractivity contribution is 5.86. The average Bonchev–Trinajstić information content (AvgIpc) is 2.85. The molecule has 0 amide bonds. The van der Waals surface area contributed by atoms with Crippen molar-refractivity contribution in [2.24, 2.45) is 0 Å². The summed E-state index contributed by atoms with van der Waals surface area (Å²) in [5.41, 5.74) is 8.84. The molecule has 2 aliphatic carbocycles. The summed E-state index contributed by atoms with van der Waals surface area (Å²) in [6.45, 7) is 4.46. The maximum absolute atomic E-state index is 2.38. The number of hydrogen-bond acceptors (Lipinski definition) is 0. The largest absolute Gasteiger partial charge is 0.0769 e. The topological polar surface area (TPSA) is 0 Å². The van der Waals surface area contributed by atoms with Gasteiger partial charge in [0.05, 0.1) is 0 Å². The highest BCUT2D eigenvalue weighted by atomic mass is 14.2. The number of rotatable bonds is 1. The Morgan fingerprint density at radius 1 is 0.938 bits per heavy atom. The lowest BCUT2D eigenvalue weighted by Crippen LogP contribution is -1.89. The van der Waals surface area contributed by atoms with Crippen molar-refractivity contribution in [2.45, 2.75) is 26.7 Å². The first-order chi connectivity index (χ1) is 7.77. The molecule has 1 aromatic carbocycles. The number of benzene rings is 1. The van der Waals surface area contributed by atoms with Gasteiger partial charge in [0, 0.05) is 0 Å². The fourth-order valence-electron chi connectivity index (χ4n) is 2.68. The standard InChI is InChI=1S/C16H16/c1-11-7-9-14(12(11)2)16-10-8-13-5-3-4-6-15(13)16/h3-7,10H,8-9H2,1-2H3. The van der Waals surface area contributed by atoms with Gasteiger partial charge in [0.1, 0.15) is 0 Å². The fourth-order valence-corrected chi connectivity index (χ4v) is 2.68. The zero-order valence-electron chi connectivity index (χ0n) is 9.88. The smallest absolute Gasteiger partial charge is 0.00820 e. The van der Waals surface area contributed by atoms with Gasteiger partial charge in [0.25, 0.3) is 0 Å². The lowest BCUT2D eigenvalue weighted by atomic mass is 9.95. The maximum atomic E-state index is 2.38. The second-order valence-electron chi connectivity index (χ2n) is 4.67. The molecule has 0 heteroatoms. The van der Waals surface area contributed by atoms with Crippen LogP contribution in [0.1, 0.15) is 31.4 Å². The van der Waals surface area contributed by atoms with Crippen LogP contribution in [-0.2, 0) is 6.42 Å². The lowest BCUT2D eigenvalue weighted by molar-refractivity contribution is 1.30. The van der Waals surface area contributed by atoms with Crippen molar-refractivity contribution in [2.75, 3.05) is 0 Å². The van der Waals surface area contributed by atoms with Crippen molar-refractivity contribution in [3.8, 4) is 0 Å². The Bertz CT molecular complexity index is 539. The molecule has 0 bridgehead atoms. The molecule has 0 unspecified atom stereocenters. The Morgan fingerprint density at radius 3 is 2.50 bits per heavy atom. The van der Waals surface area contributed by atoms with E-state index in [4.69, 9.17) is 0 Å². The van der Waals surface area contributed by atoms with Gasteiger partial charge in [-0.15, -0.1) is 0 Å². The van der Waals surface area contributed by atoms with Gasteiger partial charge >= 0.3 is 0 Å². The lowest BCUT2D eigenvalue weighted by Gasteiger charge is -2.09. The average molecular weight is 208 g/mol. The predicted octanol–water partition coefficient (Wildman–Crippen LogP) is 4.29. The van der Waals surface area contributed by atoms with E-state index in [0.717, 1.165) is 12.8 Å². The zero-order chi connectivity index (χ0) is 11.1. The Labute approximate surface area is 97.0 Å². The molecule has 0 heterocycles. The minimum Gasteiger partial charge on any atom is -0.0769 e. The molecule has 0 atom stereocenters. The summed E-state index contributed by atoms with van der Waals surface area (Å²) < 4.78 is 0. The molecule has 0 fully saturated rings. The molecule has 0 saturated heterocycles. The molecular weight excluding hydrogens is 192 g/mol. The van der Waals surface area contributed by atoms with Gasteiger partial charge in [-0.1, -0.05) is 42.0 Å². The van der Waals surface area contributed by atoms with E-state index < -0.39 is 0 Å². The quantitative estimate of drug-likeness (QED) is 0.645. The summed E-state index contributed by atoms with van der Waals surface area (Å²) in [6.07, 6.45) is 6.93.